The smallest absolute Gasteiger partial charge is 0.141 e. The molecule has 4 heteroatoms. The predicted molar refractivity (Wildman–Crippen MR) is 85.3 cm³/mol. The molecule has 1 aromatic heterocycles. The van der Waals surface area contributed by atoms with Crippen LogP contribution >= 0.6 is 11.6 Å². The summed E-state index contributed by atoms with van der Waals surface area (Å²) in [5.74, 6) is 0.905. The molecule has 0 saturated carbocycles. The van der Waals surface area contributed by atoms with Gasteiger partial charge in [-0.25, -0.2) is 4.98 Å². The van der Waals surface area contributed by atoms with Crippen molar-refractivity contribution in [3.63, 3.8) is 0 Å². The molecule has 0 aliphatic carbocycles. The van der Waals surface area contributed by atoms with Gasteiger partial charge in [0.25, 0.3) is 0 Å². The normalized spacial score (nSPS) is 10.8. The van der Waals surface area contributed by atoms with E-state index in [1.807, 2.05) is 43.3 Å². The van der Waals surface area contributed by atoms with Crippen molar-refractivity contribution in [3.05, 3.63) is 52.5 Å². The molecule has 2 aromatic carbocycles. The summed E-state index contributed by atoms with van der Waals surface area (Å²) in [6.07, 6.45) is 0. The maximum absolute atomic E-state index is 9.02. The maximum atomic E-state index is 9.02. The average molecular weight is 296 g/mol. The first kappa shape index (κ1) is 13.7. The van der Waals surface area contributed by atoms with Crippen LogP contribution in [0.3, 0.4) is 0 Å². The zero-order chi connectivity index (χ0) is 15.0. The highest BCUT2D eigenvalue weighted by Crippen LogP contribution is 2.28. The largest absolute Gasteiger partial charge is 0.324 e. The van der Waals surface area contributed by atoms with Gasteiger partial charge in [0, 0.05) is 17.1 Å². The predicted octanol–water partition coefficient (Wildman–Crippen LogP) is 4.56. The maximum Gasteiger partial charge on any atom is 0.141 e. The van der Waals surface area contributed by atoms with Gasteiger partial charge in [-0.2, -0.15) is 5.26 Å². The van der Waals surface area contributed by atoms with Crippen LogP contribution in [0.25, 0.3) is 22.4 Å². The number of fused-ring (bicyclic) bond motifs is 1. The van der Waals surface area contributed by atoms with E-state index >= 15 is 0 Å². The Hall–Kier alpha value is -2.31. The number of aryl methyl sites for hydroxylation is 2. The first-order chi connectivity index (χ1) is 10.1. The van der Waals surface area contributed by atoms with Crippen molar-refractivity contribution in [2.45, 2.75) is 20.4 Å². The Balaban J connectivity index is 2.26. The van der Waals surface area contributed by atoms with E-state index in [0.717, 1.165) is 39.6 Å². The molecule has 3 aromatic rings. The molecule has 3 nitrogen and oxygen atoms in total. The molecular weight excluding hydrogens is 282 g/mol. The van der Waals surface area contributed by atoms with Crippen LogP contribution in [0, 0.1) is 18.3 Å². The summed E-state index contributed by atoms with van der Waals surface area (Å²) in [5, 5.41) is 9.77. The van der Waals surface area contributed by atoms with Gasteiger partial charge in [-0.05, 0) is 55.8 Å². The summed E-state index contributed by atoms with van der Waals surface area (Å²) >= 11 is 6.10. The standard InChI is InChI=1S/C17H14ClN3/c1-3-21-16-7-4-12(10-19)9-15(16)20-17(21)13-5-6-14(18)11(2)8-13/h4-9H,3H2,1-2H3. The first-order valence-electron chi connectivity index (χ1n) is 6.81. The summed E-state index contributed by atoms with van der Waals surface area (Å²) in [4.78, 5) is 4.70. The third-order valence-corrected chi connectivity index (χ3v) is 4.03. The summed E-state index contributed by atoms with van der Waals surface area (Å²) in [6.45, 7) is 4.89. The Kier molecular flexibility index (Phi) is 3.40. The summed E-state index contributed by atoms with van der Waals surface area (Å²) < 4.78 is 2.15. The molecule has 0 fully saturated rings. The second-order valence-electron chi connectivity index (χ2n) is 4.96. The van der Waals surface area contributed by atoms with E-state index in [1.54, 1.807) is 0 Å². The van der Waals surface area contributed by atoms with Crippen LogP contribution in [0.15, 0.2) is 36.4 Å². The molecule has 3 rings (SSSR count). The SMILES string of the molecule is CCn1c(-c2ccc(Cl)c(C)c2)nc2cc(C#N)ccc21. The summed E-state index contributed by atoms with van der Waals surface area (Å²) in [5.41, 5.74) is 4.58. The van der Waals surface area contributed by atoms with Gasteiger partial charge in [0.2, 0.25) is 0 Å². The van der Waals surface area contributed by atoms with Gasteiger partial charge in [0.1, 0.15) is 5.82 Å². The number of imidazole rings is 1. The van der Waals surface area contributed by atoms with Crippen LogP contribution in [0.4, 0.5) is 0 Å². The van der Waals surface area contributed by atoms with Crippen LogP contribution in [-0.2, 0) is 6.54 Å². The Morgan fingerprint density at radius 3 is 2.71 bits per heavy atom. The van der Waals surface area contributed by atoms with E-state index in [4.69, 9.17) is 21.8 Å². The molecular formula is C17H14ClN3. The van der Waals surface area contributed by atoms with E-state index < -0.39 is 0 Å². The molecule has 0 aliphatic rings. The van der Waals surface area contributed by atoms with Crippen molar-refractivity contribution >= 4 is 22.6 Å². The van der Waals surface area contributed by atoms with Crippen molar-refractivity contribution in [3.8, 4) is 17.5 Å². The highest BCUT2D eigenvalue weighted by Gasteiger charge is 2.12. The fourth-order valence-corrected chi connectivity index (χ4v) is 2.64. The molecule has 0 atom stereocenters. The van der Waals surface area contributed by atoms with Crippen molar-refractivity contribution < 1.29 is 0 Å². The van der Waals surface area contributed by atoms with Gasteiger partial charge in [-0.3, -0.25) is 0 Å². The number of aromatic nitrogens is 2. The minimum atomic E-state index is 0.627. The van der Waals surface area contributed by atoms with E-state index in [2.05, 4.69) is 17.6 Å². The van der Waals surface area contributed by atoms with Gasteiger partial charge in [-0.15, -0.1) is 0 Å². The molecule has 0 amide bonds. The molecule has 0 N–H and O–H groups in total. The van der Waals surface area contributed by atoms with E-state index in [-0.39, 0.29) is 0 Å². The lowest BCUT2D eigenvalue weighted by Gasteiger charge is -2.07. The second-order valence-corrected chi connectivity index (χ2v) is 5.37. The van der Waals surface area contributed by atoms with Gasteiger partial charge < -0.3 is 4.57 Å². The van der Waals surface area contributed by atoms with Gasteiger partial charge in [-0.1, -0.05) is 11.6 Å². The number of hydrogen-bond donors (Lipinski definition) is 0. The van der Waals surface area contributed by atoms with Crippen LogP contribution in [0.2, 0.25) is 5.02 Å². The van der Waals surface area contributed by atoms with Crippen LogP contribution in [0.5, 0.6) is 0 Å². The third kappa shape index (κ3) is 2.28. The summed E-state index contributed by atoms with van der Waals surface area (Å²) in [6, 6.07) is 13.7. The Morgan fingerprint density at radius 1 is 1.24 bits per heavy atom. The number of hydrogen-bond acceptors (Lipinski definition) is 2. The first-order valence-corrected chi connectivity index (χ1v) is 7.18. The lowest BCUT2D eigenvalue weighted by Crippen LogP contribution is -1.97. The highest BCUT2D eigenvalue weighted by molar-refractivity contribution is 6.31. The molecule has 0 aliphatic heterocycles. The van der Waals surface area contributed by atoms with Crippen LogP contribution < -0.4 is 0 Å². The molecule has 0 radical (unpaired) electrons. The van der Waals surface area contributed by atoms with Gasteiger partial charge in [0.15, 0.2) is 0 Å². The fraction of sp³-hybridized carbons (Fsp3) is 0.176. The van der Waals surface area contributed by atoms with Crippen molar-refractivity contribution in [1.82, 2.24) is 9.55 Å². The molecule has 0 unspecified atom stereocenters. The zero-order valence-corrected chi connectivity index (χ0v) is 12.6. The molecule has 1 heterocycles. The van der Waals surface area contributed by atoms with Gasteiger partial charge >= 0.3 is 0 Å². The zero-order valence-electron chi connectivity index (χ0n) is 11.9. The number of rotatable bonds is 2. The van der Waals surface area contributed by atoms with Crippen molar-refractivity contribution in [2.75, 3.05) is 0 Å². The Bertz CT molecular complexity index is 872. The molecule has 0 saturated heterocycles. The lowest BCUT2D eigenvalue weighted by molar-refractivity contribution is 0.796. The van der Waals surface area contributed by atoms with E-state index in [9.17, 15) is 0 Å². The van der Waals surface area contributed by atoms with Gasteiger partial charge in [0.05, 0.1) is 22.7 Å². The van der Waals surface area contributed by atoms with Crippen LogP contribution in [0.1, 0.15) is 18.1 Å². The molecule has 0 bridgehead atoms. The quantitative estimate of drug-likeness (QED) is 0.695. The molecule has 0 spiro atoms. The van der Waals surface area contributed by atoms with Crippen molar-refractivity contribution in [2.24, 2.45) is 0 Å². The second kappa shape index (κ2) is 5.23. The van der Waals surface area contributed by atoms with E-state index in [1.165, 1.54) is 0 Å². The topological polar surface area (TPSA) is 41.6 Å². The fourth-order valence-electron chi connectivity index (χ4n) is 2.52. The minimum Gasteiger partial charge on any atom is -0.324 e. The Morgan fingerprint density at radius 2 is 2.05 bits per heavy atom. The number of nitriles is 1. The molecule has 21 heavy (non-hydrogen) atoms. The number of nitrogens with zero attached hydrogens (tertiary/aromatic N) is 3. The highest BCUT2D eigenvalue weighted by atomic mass is 35.5. The molecule has 104 valence electrons. The lowest BCUT2D eigenvalue weighted by atomic mass is 10.1. The number of benzene rings is 2. The minimum absolute atomic E-state index is 0.627. The summed E-state index contributed by atoms with van der Waals surface area (Å²) in [7, 11) is 0. The number of halogens is 1. The third-order valence-electron chi connectivity index (χ3n) is 3.61. The van der Waals surface area contributed by atoms with Crippen LogP contribution in [-0.4, -0.2) is 9.55 Å². The van der Waals surface area contributed by atoms with Crippen molar-refractivity contribution in [1.29, 1.82) is 5.26 Å². The monoisotopic (exact) mass is 295 g/mol. The van der Waals surface area contributed by atoms with E-state index in [0.29, 0.717) is 5.56 Å². The average Bonchev–Trinajstić information content (AvgIpc) is 2.87. The Labute approximate surface area is 128 Å².